The molecule has 0 spiro atoms. The number of rotatable bonds is 6. The highest BCUT2D eigenvalue weighted by atomic mass is 16.5. The number of aliphatic carboxylic acids is 1. The molecule has 1 aliphatic rings. The minimum Gasteiger partial charge on any atom is -0.484 e. The SMILES string of the molecule is CN(C)C(=O)COc1ccc(NC(=O)[C@@H]2CC[C@H](C(=O)O)O2)cc1. The summed E-state index contributed by atoms with van der Waals surface area (Å²) in [6.45, 7) is -0.0643. The van der Waals surface area contributed by atoms with E-state index < -0.39 is 18.2 Å². The lowest BCUT2D eigenvalue weighted by Gasteiger charge is -2.13. The molecule has 1 heterocycles. The number of benzene rings is 1. The number of carbonyl (C=O) groups is 3. The van der Waals surface area contributed by atoms with Crippen molar-refractivity contribution in [2.45, 2.75) is 25.0 Å². The standard InChI is InChI=1S/C16H20N2O6/c1-18(2)14(19)9-23-11-5-3-10(4-6-11)17-15(20)12-7-8-13(24-12)16(21)22/h3-6,12-13H,7-9H2,1-2H3,(H,17,20)(H,21,22)/t12-,13+/m0/s1. The van der Waals surface area contributed by atoms with Gasteiger partial charge >= 0.3 is 5.97 Å². The average molecular weight is 336 g/mol. The van der Waals surface area contributed by atoms with E-state index in [1.807, 2.05) is 0 Å². The third-order valence-corrected chi connectivity index (χ3v) is 3.57. The summed E-state index contributed by atoms with van der Waals surface area (Å²) < 4.78 is 10.5. The lowest BCUT2D eigenvalue weighted by atomic mass is 10.2. The number of amides is 2. The van der Waals surface area contributed by atoms with Crippen LogP contribution >= 0.6 is 0 Å². The molecule has 0 radical (unpaired) electrons. The number of carboxylic acid groups (broad SMARTS) is 1. The molecule has 2 atom stereocenters. The van der Waals surface area contributed by atoms with Crippen LogP contribution in [0.3, 0.4) is 0 Å². The molecule has 0 aliphatic carbocycles. The van der Waals surface area contributed by atoms with Crippen molar-refractivity contribution < 1.29 is 29.0 Å². The molecule has 24 heavy (non-hydrogen) atoms. The predicted octanol–water partition coefficient (Wildman–Crippen LogP) is 0.724. The van der Waals surface area contributed by atoms with Gasteiger partial charge in [-0.15, -0.1) is 0 Å². The van der Waals surface area contributed by atoms with Gasteiger partial charge in [0.1, 0.15) is 11.9 Å². The van der Waals surface area contributed by atoms with Gasteiger partial charge in [-0.3, -0.25) is 9.59 Å². The van der Waals surface area contributed by atoms with Gasteiger partial charge < -0.3 is 24.8 Å². The van der Waals surface area contributed by atoms with E-state index in [9.17, 15) is 14.4 Å². The predicted molar refractivity (Wildman–Crippen MR) is 84.8 cm³/mol. The molecule has 130 valence electrons. The largest absolute Gasteiger partial charge is 0.484 e. The smallest absolute Gasteiger partial charge is 0.332 e. The van der Waals surface area contributed by atoms with Gasteiger partial charge in [-0.05, 0) is 37.1 Å². The Hall–Kier alpha value is -2.61. The summed E-state index contributed by atoms with van der Waals surface area (Å²) >= 11 is 0. The third-order valence-electron chi connectivity index (χ3n) is 3.57. The number of hydrogen-bond acceptors (Lipinski definition) is 5. The normalized spacial score (nSPS) is 19.6. The van der Waals surface area contributed by atoms with Crippen LogP contribution in [0.15, 0.2) is 24.3 Å². The van der Waals surface area contributed by atoms with Gasteiger partial charge in [0.05, 0.1) is 0 Å². The van der Waals surface area contributed by atoms with Crippen LogP contribution in [0.2, 0.25) is 0 Å². The second-order valence-corrected chi connectivity index (χ2v) is 5.62. The second-order valence-electron chi connectivity index (χ2n) is 5.62. The summed E-state index contributed by atoms with van der Waals surface area (Å²) in [7, 11) is 3.29. The molecular formula is C16H20N2O6. The molecule has 1 saturated heterocycles. The van der Waals surface area contributed by atoms with Crippen LogP contribution in [0, 0.1) is 0 Å². The summed E-state index contributed by atoms with van der Waals surface area (Å²) in [4.78, 5) is 35.7. The fourth-order valence-electron chi connectivity index (χ4n) is 2.14. The van der Waals surface area contributed by atoms with Crippen LogP contribution in [-0.4, -0.2) is 60.7 Å². The molecule has 2 rings (SSSR count). The van der Waals surface area contributed by atoms with Crippen molar-refractivity contribution in [3.63, 3.8) is 0 Å². The average Bonchev–Trinajstić information content (AvgIpc) is 3.04. The number of likely N-dealkylation sites (N-methyl/N-ethyl adjacent to an activating group) is 1. The summed E-state index contributed by atoms with van der Waals surface area (Å²) in [5.41, 5.74) is 0.536. The molecule has 1 aromatic carbocycles. The number of nitrogens with zero attached hydrogens (tertiary/aromatic N) is 1. The van der Waals surface area contributed by atoms with Crippen LogP contribution in [0.4, 0.5) is 5.69 Å². The monoisotopic (exact) mass is 336 g/mol. The minimum absolute atomic E-state index is 0.0643. The molecule has 2 amide bonds. The van der Waals surface area contributed by atoms with Crippen molar-refractivity contribution in [3.05, 3.63) is 24.3 Å². The zero-order chi connectivity index (χ0) is 17.7. The number of ether oxygens (including phenoxy) is 2. The van der Waals surface area contributed by atoms with Crippen molar-refractivity contribution in [1.29, 1.82) is 0 Å². The molecule has 1 aliphatic heterocycles. The Labute approximate surface area is 139 Å². The molecule has 2 N–H and O–H groups in total. The van der Waals surface area contributed by atoms with E-state index in [2.05, 4.69) is 5.32 Å². The Kier molecular flexibility index (Phi) is 5.75. The Morgan fingerprint density at radius 3 is 2.38 bits per heavy atom. The third kappa shape index (κ3) is 4.69. The maximum Gasteiger partial charge on any atom is 0.332 e. The van der Waals surface area contributed by atoms with Gasteiger partial charge in [-0.2, -0.15) is 0 Å². The lowest BCUT2D eigenvalue weighted by Crippen LogP contribution is -2.29. The zero-order valence-corrected chi connectivity index (χ0v) is 13.5. The van der Waals surface area contributed by atoms with E-state index in [0.717, 1.165) is 0 Å². The lowest BCUT2D eigenvalue weighted by molar-refractivity contribution is -0.150. The fraction of sp³-hybridized carbons (Fsp3) is 0.438. The molecule has 0 aromatic heterocycles. The summed E-state index contributed by atoms with van der Waals surface area (Å²) in [6, 6.07) is 6.54. The first-order valence-electron chi connectivity index (χ1n) is 7.49. The van der Waals surface area contributed by atoms with E-state index in [4.69, 9.17) is 14.6 Å². The maximum absolute atomic E-state index is 12.0. The van der Waals surface area contributed by atoms with E-state index in [1.165, 1.54) is 4.90 Å². The van der Waals surface area contributed by atoms with Gasteiger partial charge in [0, 0.05) is 19.8 Å². The highest BCUT2D eigenvalue weighted by molar-refractivity contribution is 5.94. The quantitative estimate of drug-likeness (QED) is 0.793. The van der Waals surface area contributed by atoms with Gasteiger partial charge in [0.25, 0.3) is 11.8 Å². The number of hydrogen-bond donors (Lipinski definition) is 2. The van der Waals surface area contributed by atoms with Gasteiger partial charge in [-0.1, -0.05) is 0 Å². The number of carboxylic acids is 1. The summed E-state index contributed by atoms with van der Waals surface area (Å²) in [5, 5.41) is 11.5. The zero-order valence-electron chi connectivity index (χ0n) is 13.5. The van der Waals surface area contributed by atoms with Crippen LogP contribution < -0.4 is 10.1 Å². The van der Waals surface area contributed by atoms with Crippen molar-refractivity contribution >= 4 is 23.5 Å². The molecule has 0 bridgehead atoms. The summed E-state index contributed by atoms with van der Waals surface area (Å²) in [5.74, 6) is -1.08. The molecule has 8 nitrogen and oxygen atoms in total. The highest BCUT2D eigenvalue weighted by Gasteiger charge is 2.34. The van der Waals surface area contributed by atoms with Crippen molar-refractivity contribution in [2.24, 2.45) is 0 Å². The Morgan fingerprint density at radius 2 is 1.83 bits per heavy atom. The van der Waals surface area contributed by atoms with Crippen LogP contribution in [0.1, 0.15) is 12.8 Å². The first-order valence-corrected chi connectivity index (χ1v) is 7.49. The molecular weight excluding hydrogens is 316 g/mol. The molecule has 0 unspecified atom stereocenters. The Balaban J connectivity index is 1.84. The Morgan fingerprint density at radius 1 is 1.21 bits per heavy atom. The topological polar surface area (TPSA) is 105 Å². The minimum atomic E-state index is -1.06. The van der Waals surface area contributed by atoms with E-state index in [0.29, 0.717) is 24.3 Å². The van der Waals surface area contributed by atoms with E-state index in [1.54, 1.807) is 38.4 Å². The van der Waals surface area contributed by atoms with Crippen molar-refractivity contribution in [1.82, 2.24) is 4.90 Å². The van der Waals surface area contributed by atoms with Crippen molar-refractivity contribution in [2.75, 3.05) is 26.0 Å². The highest BCUT2D eigenvalue weighted by Crippen LogP contribution is 2.22. The first-order chi connectivity index (χ1) is 11.4. The maximum atomic E-state index is 12.0. The van der Waals surface area contributed by atoms with E-state index in [-0.39, 0.29) is 18.4 Å². The van der Waals surface area contributed by atoms with Gasteiger partial charge in [0.15, 0.2) is 12.7 Å². The van der Waals surface area contributed by atoms with Gasteiger partial charge in [-0.25, -0.2) is 4.79 Å². The van der Waals surface area contributed by atoms with Crippen LogP contribution in [0.25, 0.3) is 0 Å². The van der Waals surface area contributed by atoms with Gasteiger partial charge in [0.2, 0.25) is 0 Å². The molecule has 0 saturated carbocycles. The Bertz CT molecular complexity index is 613. The molecule has 8 heteroatoms. The molecule has 1 aromatic rings. The van der Waals surface area contributed by atoms with E-state index >= 15 is 0 Å². The second kappa shape index (κ2) is 7.78. The first kappa shape index (κ1) is 17.7. The molecule has 1 fully saturated rings. The van der Waals surface area contributed by atoms with Crippen LogP contribution in [-0.2, 0) is 19.1 Å². The fourth-order valence-corrected chi connectivity index (χ4v) is 2.14. The van der Waals surface area contributed by atoms with Crippen LogP contribution in [0.5, 0.6) is 5.75 Å². The number of anilines is 1. The van der Waals surface area contributed by atoms with Crippen molar-refractivity contribution in [3.8, 4) is 5.75 Å². The number of nitrogens with one attached hydrogen (secondary N) is 1. The summed E-state index contributed by atoms with van der Waals surface area (Å²) in [6.07, 6.45) is -0.998. The number of carbonyl (C=O) groups excluding carboxylic acids is 2.